The van der Waals surface area contributed by atoms with E-state index in [4.69, 9.17) is 0 Å². The lowest BCUT2D eigenvalue weighted by Crippen LogP contribution is -2.47. The van der Waals surface area contributed by atoms with Crippen LogP contribution in [0, 0.1) is 5.92 Å². The molecule has 2 heterocycles. The summed E-state index contributed by atoms with van der Waals surface area (Å²) in [7, 11) is -3.22. The molecule has 7 nitrogen and oxygen atoms in total. The SMILES string of the molecule is CCCCS(=O)(=O)N1CCC(C(=O)N2CCCC2C(=O)O)CC1. The number of likely N-dealkylation sites (tertiary alicyclic amines) is 1. The first-order chi connectivity index (χ1) is 10.9. The Kier molecular flexibility index (Phi) is 6.02. The number of hydrogen-bond donors (Lipinski definition) is 1. The van der Waals surface area contributed by atoms with E-state index in [2.05, 4.69) is 0 Å². The van der Waals surface area contributed by atoms with Crippen LogP contribution in [0.5, 0.6) is 0 Å². The highest BCUT2D eigenvalue weighted by molar-refractivity contribution is 7.89. The van der Waals surface area contributed by atoms with E-state index in [0.717, 1.165) is 6.42 Å². The molecule has 1 N–H and O–H groups in total. The van der Waals surface area contributed by atoms with E-state index in [1.54, 1.807) is 0 Å². The van der Waals surface area contributed by atoms with Gasteiger partial charge in [-0.05, 0) is 32.1 Å². The molecule has 0 aromatic rings. The van der Waals surface area contributed by atoms with Crippen molar-refractivity contribution in [2.75, 3.05) is 25.4 Å². The van der Waals surface area contributed by atoms with Crippen molar-refractivity contribution in [3.8, 4) is 0 Å². The molecule has 2 fully saturated rings. The lowest BCUT2D eigenvalue weighted by Gasteiger charge is -2.33. The second-order valence-corrected chi connectivity index (χ2v) is 8.46. The first kappa shape index (κ1) is 18.2. The molecular weight excluding hydrogens is 320 g/mol. The average molecular weight is 346 g/mol. The van der Waals surface area contributed by atoms with Crippen molar-refractivity contribution in [2.24, 2.45) is 5.92 Å². The Morgan fingerprint density at radius 2 is 1.78 bits per heavy atom. The van der Waals surface area contributed by atoms with Gasteiger partial charge >= 0.3 is 5.97 Å². The highest BCUT2D eigenvalue weighted by Crippen LogP contribution is 2.26. The van der Waals surface area contributed by atoms with Crippen molar-refractivity contribution in [3.05, 3.63) is 0 Å². The van der Waals surface area contributed by atoms with E-state index in [9.17, 15) is 23.1 Å². The van der Waals surface area contributed by atoms with Crippen LogP contribution in [0.1, 0.15) is 45.4 Å². The molecule has 1 unspecified atom stereocenters. The van der Waals surface area contributed by atoms with Crippen LogP contribution < -0.4 is 0 Å². The summed E-state index contributed by atoms with van der Waals surface area (Å²) in [4.78, 5) is 25.2. The minimum atomic E-state index is -3.22. The zero-order valence-corrected chi connectivity index (χ0v) is 14.4. The number of aliphatic carboxylic acids is 1. The first-order valence-corrected chi connectivity index (χ1v) is 9.99. The lowest BCUT2D eigenvalue weighted by molar-refractivity contribution is -0.150. The van der Waals surface area contributed by atoms with Gasteiger partial charge in [0.1, 0.15) is 6.04 Å². The molecule has 132 valence electrons. The maximum atomic E-state index is 12.5. The normalized spacial score (nSPS) is 24.0. The molecule has 0 aromatic heterocycles. The minimum Gasteiger partial charge on any atom is -0.480 e. The number of carbonyl (C=O) groups excluding carboxylic acids is 1. The maximum absolute atomic E-state index is 12.5. The smallest absolute Gasteiger partial charge is 0.326 e. The number of nitrogens with zero attached hydrogens (tertiary/aromatic N) is 2. The summed E-state index contributed by atoms with van der Waals surface area (Å²) in [5.74, 6) is -1.17. The number of carbonyl (C=O) groups is 2. The van der Waals surface area contributed by atoms with Crippen molar-refractivity contribution < 1.29 is 23.1 Å². The first-order valence-electron chi connectivity index (χ1n) is 8.38. The van der Waals surface area contributed by atoms with Crippen LogP contribution in [0.4, 0.5) is 0 Å². The predicted octanol–water partition coefficient (Wildman–Crippen LogP) is 0.904. The Labute approximate surface area is 137 Å². The topological polar surface area (TPSA) is 95.0 Å². The maximum Gasteiger partial charge on any atom is 0.326 e. The number of amides is 1. The van der Waals surface area contributed by atoms with Crippen molar-refractivity contribution in [1.82, 2.24) is 9.21 Å². The molecule has 2 saturated heterocycles. The number of piperidine rings is 1. The molecule has 2 aliphatic heterocycles. The van der Waals surface area contributed by atoms with Gasteiger partial charge in [-0.1, -0.05) is 13.3 Å². The summed E-state index contributed by atoms with van der Waals surface area (Å²) in [6.07, 6.45) is 3.66. The summed E-state index contributed by atoms with van der Waals surface area (Å²) in [6, 6.07) is -0.714. The number of carboxylic acids is 1. The Morgan fingerprint density at radius 1 is 1.13 bits per heavy atom. The summed E-state index contributed by atoms with van der Waals surface area (Å²) in [5, 5.41) is 9.18. The van der Waals surface area contributed by atoms with Crippen LogP contribution in [0.2, 0.25) is 0 Å². The Hall–Kier alpha value is -1.15. The molecule has 1 amide bonds. The molecule has 0 radical (unpaired) electrons. The number of carboxylic acid groups (broad SMARTS) is 1. The molecular formula is C15H26N2O5S. The minimum absolute atomic E-state index is 0.125. The van der Waals surface area contributed by atoms with E-state index in [0.29, 0.717) is 51.7 Å². The fourth-order valence-electron chi connectivity index (χ4n) is 3.36. The van der Waals surface area contributed by atoms with E-state index >= 15 is 0 Å². The Balaban J connectivity index is 1.91. The van der Waals surface area contributed by atoms with Gasteiger partial charge in [0, 0.05) is 25.6 Å². The van der Waals surface area contributed by atoms with Gasteiger partial charge in [0.05, 0.1) is 5.75 Å². The van der Waals surface area contributed by atoms with Gasteiger partial charge in [-0.2, -0.15) is 0 Å². The van der Waals surface area contributed by atoms with Crippen molar-refractivity contribution >= 4 is 21.9 Å². The molecule has 23 heavy (non-hydrogen) atoms. The largest absolute Gasteiger partial charge is 0.480 e. The standard InChI is InChI=1S/C15H26N2O5S/c1-2-3-11-23(21,22)16-9-6-12(7-10-16)14(18)17-8-4-5-13(17)15(19)20/h12-13H,2-11H2,1H3,(H,19,20). The van der Waals surface area contributed by atoms with Gasteiger partial charge in [0.25, 0.3) is 0 Å². The Bertz CT molecular complexity index is 540. The Morgan fingerprint density at radius 3 is 2.35 bits per heavy atom. The lowest BCUT2D eigenvalue weighted by atomic mass is 9.96. The van der Waals surface area contributed by atoms with E-state index in [1.165, 1.54) is 9.21 Å². The monoisotopic (exact) mass is 346 g/mol. The number of hydrogen-bond acceptors (Lipinski definition) is 4. The zero-order valence-electron chi connectivity index (χ0n) is 13.6. The molecule has 0 aliphatic carbocycles. The third kappa shape index (κ3) is 4.23. The van der Waals surface area contributed by atoms with Crippen LogP contribution in [0.3, 0.4) is 0 Å². The van der Waals surface area contributed by atoms with E-state index in [1.807, 2.05) is 6.92 Å². The fourth-order valence-corrected chi connectivity index (χ4v) is 5.04. The van der Waals surface area contributed by atoms with Crippen LogP contribution in [0.15, 0.2) is 0 Å². The van der Waals surface area contributed by atoms with E-state index < -0.39 is 22.0 Å². The van der Waals surface area contributed by atoms with Crippen molar-refractivity contribution in [1.29, 1.82) is 0 Å². The van der Waals surface area contributed by atoms with Gasteiger partial charge in [-0.15, -0.1) is 0 Å². The molecule has 0 bridgehead atoms. The molecule has 0 spiro atoms. The van der Waals surface area contributed by atoms with Gasteiger partial charge in [0.15, 0.2) is 0 Å². The molecule has 0 aromatic carbocycles. The molecule has 1 atom stereocenters. The zero-order chi connectivity index (χ0) is 17.0. The third-order valence-electron chi connectivity index (χ3n) is 4.77. The quantitative estimate of drug-likeness (QED) is 0.771. The van der Waals surface area contributed by atoms with E-state index in [-0.39, 0.29) is 17.6 Å². The number of sulfonamides is 1. The van der Waals surface area contributed by atoms with Crippen molar-refractivity contribution in [2.45, 2.75) is 51.5 Å². The molecule has 2 aliphatic rings. The average Bonchev–Trinajstić information content (AvgIpc) is 3.02. The number of rotatable bonds is 6. The summed E-state index contributed by atoms with van der Waals surface area (Å²) in [6.45, 7) is 3.15. The predicted molar refractivity (Wildman–Crippen MR) is 85.4 cm³/mol. The van der Waals surface area contributed by atoms with Gasteiger partial charge < -0.3 is 10.0 Å². The van der Waals surface area contributed by atoms with Crippen LogP contribution in [-0.4, -0.2) is 66.0 Å². The molecule has 8 heteroatoms. The van der Waals surface area contributed by atoms with Crippen LogP contribution >= 0.6 is 0 Å². The summed E-state index contributed by atoms with van der Waals surface area (Å²) < 4.78 is 25.8. The van der Waals surface area contributed by atoms with Gasteiger partial charge in [0.2, 0.25) is 15.9 Å². The highest BCUT2D eigenvalue weighted by Gasteiger charge is 2.39. The van der Waals surface area contributed by atoms with Crippen LogP contribution in [-0.2, 0) is 19.6 Å². The van der Waals surface area contributed by atoms with Crippen LogP contribution in [0.25, 0.3) is 0 Å². The van der Waals surface area contributed by atoms with Crippen molar-refractivity contribution in [3.63, 3.8) is 0 Å². The fraction of sp³-hybridized carbons (Fsp3) is 0.867. The number of unbranched alkanes of at least 4 members (excludes halogenated alkanes) is 1. The summed E-state index contributed by atoms with van der Waals surface area (Å²) in [5.41, 5.74) is 0. The third-order valence-corrected chi connectivity index (χ3v) is 6.73. The van der Waals surface area contributed by atoms with Gasteiger partial charge in [-0.3, -0.25) is 4.79 Å². The molecule has 0 saturated carbocycles. The van der Waals surface area contributed by atoms with Gasteiger partial charge in [-0.25, -0.2) is 17.5 Å². The second kappa shape index (κ2) is 7.61. The summed E-state index contributed by atoms with van der Waals surface area (Å²) >= 11 is 0. The second-order valence-electron chi connectivity index (χ2n) is 6.37. The highest BCUT2D eigenvalue weighted by atomic mass is 32.2. The molecule has 2 rings (SSSR count).